The minimum atomic E-state index is -0.324. The minimum Gasteiger partial charge on any atom is -0.358 e. The standard InChI is InChI=1S/C23H28FN3O/c1-27(2)12-6-8-17-16-7-4-3-5-9-20(16)25-22(17)14-19-18-13-15(24)10-11-21(18)26-23(19)28/h10-11,13-14,25H,3-9,12H2,1-2H3,(H,26,28). The van der Waals surface area contributed by atoms with Crippen LogP contribution in [0.3, 0.4) is 0 Å². The molecular formula is C23H28FN3O. The Morgan fingerprint density at radius 3 is 2.82 bits per heavy atom. The number of benzene rings is 1. The van der Waals surface area contributed by atoms with Crippen LogP contribution in [0.5, 0.6) is 0 Å². The van der Waals surface area contributed by atoms with Gasteiger partial charge in [-0.15, -0.1) is 0 Å². The molecule has 148 valence electrons. The minimum absolute atomic E-state index is 0.162. The summed E-state index contributed by atoms with van der Waals surface area (Å²) in [5.74, 6) is -0.487. The molecule has 2 N–H and O–H groups in total. The van der Waals surface area contributed by atoms with Crippen molar-refractivity contribution in [2.75, 3.05) is 26.0 Å². The van der Waals surface area contributed by atoms with Gasteiger partial charge in [0.25, 0.3) is 5.91 Å². The summed E-state index contributed by atoms with van der Waals surface area (Å²) < 4.78 is 13.8. The predicted molar refractivity (Wildman–Crippen MR) is 112 cm³/mol. The fourth-order valence-electron chi connectivity index (χ4n) is 4.38. The molecule has 0 unspecified atom stereocenters. The van der Waals surface area contributed by atoms with E-state index in [9.17, 15) is 9.18 Å². The number of H-pyrrole nitrogens is 1. The van der Waals surface area contributed by atoms with Crippen molar-refractivity contribution in [3.05, 3.63) is 52.1 Å². The smallest absolute Gasteiger partial charge is 0.256 e. The SMILES string of the molecule is CN(C)CCCc1c(C=C2C(=O)Nc3ccc(F)cc32)[nH]c2c1CCCCC2. The molecule has 1 aliphatic carbocycles. The van der Waals surface area contributed by atoms with E-state index < -0.39 is 0 Å². The molecule has 5 heteroatoms. The maximum Gasteiger partial charge on any atom is 0.256 e. The summed E-state index contributed by atoms with van der Waals surface area (Å²) in [6.07, 6.45) is 9.85. The molecule has 0 saturated carbocycles. The topological polar surface area (TPSA) is 48.1 Å². The molecular weight excluding hydrogens is 353 g/mol. The molecule has 2 aliphatic rings. The average Bonchev–Trinajstić information content (AvgIpc) is 3.01. The molecule has 0 fully saturated rings. The third kappa shape index (κ3) is 3.76. The van der Waals surface area contributed by atoms with Crippen LogP contribution in [-0.4, -0.2) is 36.4 Å². The van der Waals surface area contributed by atoms with Gasteiger partial charge >= 0.3 is 0 Å². The van der Waals surface area contributed by atoms with Crippen LogP contribution in [0.15, 0.2) is 18.2 Å². The number of halogens is 1. The van der Waals surface area contributed by atoms with Gasteiger partial charge in [0.1, 0.15) is 5.82 Å². The third-order valence-electron chi connectivity index (χ3n) is 5.78. The fourth-order valence-corrected chi connectivity index (χ4v) is 4.38. The van der Waals surface area contributed by atoms with Gasteiger partial charge in [-0.05, 0) is 94.6 Å². The fraction of sp³-hybridized carbons (Fsp3) is 0.435. The van der Waals surface area contributed by atoms with E-state index in [-0.39, 0.29) is 11.7 Å². The van der Waals surface area contributed by atoms with Crippen LogP contribution in [-0.2, 0) is 24.1 Å². The second-order valence-electron chi connectivity index (χ2n) is 8.14. The second-order valence-corrected chi connectivity index (χ2v) is 8.14. The number of amides is 1. The summed E-state index contributed by atoms with van der Waals surface area (Å²) in [5, 5.41) is 2.85. The first kappa shape index (κ1) is 18.9. The zero-order chi connectivity index (χ0) is 19.7. The van der Waals surface area contributed by atoms with Crippen molar-refractivity contribution < 1.29 is 9.18 Å². The quantitative estimate of drug-likeness (QED) is 0.595. The number of anilines is 1. The van der Waals surface area contributed by atoms with Crippen molar-refractivity contribution >= 4 is 23.2 Å². The van der Waals surface area contributed by atoms with E-state index in [0.717, 1.165) is 37.9 Å². The maximum absolute atomic E-state index is 13.8. The molecule has 0 radical (unpaired) electrons. The van der Waals surface area contributed by atoms with Crippen LogP contribution in [0, 0.1) is 5.82 Å². The first-order chi connectivity index (χ1) is 13.5. The van der Waals surface area contributed by atoms with Gasteiger partial charge in [-0.3, -0.25) is 4.79 Å². The van der Waals surface area contributed by atoms with E-state index in [0.29, 0.717) is 16.8 Å². The number of aromatic amines is 1. The molecule has 1 aromatic carbocycles. The molecule has 28 heavy (non-hydrogen) atoms. The Bertz CT molecular complexity index is 926. The number of nitrogens with one attached hydrogen (secondary N) is 2. The Hall–Kier alpha value is -2.40. The summed E-state index contributed by atoms with van der Waals surface area (Å²) in [4.78, 5) is 18.3. The number of carbonyl (C=O) groups excluding carboxylic acids is 1. The van der Waals surface area contributed by atoms with Gasteiger partial charge in [-0.2, -0.15) is 0 Å². The predicted octanol–water partition coefficient (Wildman–Crippen LogP) is 4.41. The normalized spacial score (nSPS) is 17.6. The van der Waals surface area contributed by atoms with Crippen LogP contribution in [0.25, 0.3) is 11.6 Å². The molecule has 4 rings (SSSR count). The van der Waals surface area contributed by atoms with E-state index in [1.807, 2.05) is 6.08 Å². The van der Waals surface area contributed by atoms with Crippen LogP contribution in [0.1, 0.15) is 53.8 Å². The number of carbonyl (C=O) groups is 1. The Kier molecular flexibility index (Phi) is 5.36. The van der Waals surface area contributed by atoms with Crippen molar-refractivity contribution in [2.45, 2.75) is 44.9 Å². The maximum atomic E-state index is 13.8. The monoisotopic (exact) mass is 381 g/mol. The number of hydrogen-bond donors (Lipinski definition) is 2. The molecule has 1 aromatic heterocycles. The Labute approximate surface area is 165 Å². The number of rotatable bonds is 5. The van der Waals surface area contributed by atoms with Gasteiger partial charge in [0.2, 0.25) is 0 Å². The molecule has 0 saturated heterocycles. The van der Waals surface area contributed by atoms with Gasteiger partial charge < -0.3 is 15.2 Å². The summed E-state index contributed by atoms with van der Waals surface area (Å²) in [6.45, 7) is 1.03. The summed E-state index contributed by atoms with van der Waals surface area (Å²) in [5.41, 5.74) is 6.99. The van der Waals surface area contributed by atoms with Gasteiger partial charge in [0, 0.05) is 22.6 Å². The molecule has 1 amide bonds. The van der Waals surface area contributed by atoms with Crippen LogP contribution < -0.4 is 5.32 Å². The van der Waals surface area contributed by atoms with Crippen molar-refractivity contribution in [3.8, 4) is 0 Å². The van der Waals surface area contributed by atoms with E-state index in [1.54, 1.807) is 6.07 Å². The highest BCUT2D eigenvalue weighted by Gasteiger charge is 2.26. The molecule has 1 aliphatic heterocycles. The molecule has 2 heterocycles. The first-order valence-corrected chi connectivity index (χ1v) is 10.2. The van der Waals surface area contributed by atoms with Crippen LogP contribution in [0.4, 0.5) is 10.1 Å². The highest BCUT2D eigenvalue weighted by Crippen LogP contribution is 2.35. The molecule has 2 aromatic rings. The van der Waals surface area contributed by atoms with Gasteiger partial charge in [0.15, 0.2) is 0 Å². The van der Waals surface area contributed by atoms with Gasteiger partial charge in [-0.25, -0.2) is 4.39 Å². The van der Waals surface area contributed by atoms with E-state index in [4.69, 9.17) is 0 Å². The zero-order valence-electron chi connectivity index (χ0n) is 16.7. The number of hydrogen-bond acceptors (Lipinski definition) is 2. The summed E-state index contributed by atoms with van der Waals surface area (Å²) in [6, 6.07) is 4.45. The lowest BCUT2D eigenvalue weighted by atomic mass is 9.98. The van der Waals surface area contributed by atoms with E-state index in [2.05, 4.69) is 29.3 Å². The van der Waals surface area contributed by atoms with Crippen LogP contribution in [0.2, 0.25) is 0 Å². The van der Waals surface area contributed by atoms with Crippen molar-refractivity contribution in [2.24, 2.45) is 0 Å². The lowest BCUT2D eigenvalue weighted by molar-refractivity contribution is -0.110. The van der Waals surface area contributed by atoms with Crippen molar-refractivity contribution in [3.63, 3.8) is 0 Å². The van der Waals surface area contributed by atoms with E-state index >= 15 is 0 Å². The Balaban J connectivity index is 1.74. The Morgan fingerprint density at radius 1 is 1.18 bits per heavy atom. The highest BCUT2D eigenvalue weighted by molar-refractivity contribution is 6.34. The Morgan fingerprint density at radius 2 is 2.00 bits per heavy atom. The van der Waals surface area contributed by atoms with Gasteiger partial charge in [-0.1, -0.05) is 6.42 Å². The third-order valence-corrected chi connectivity index (χ3v) is 5.78. The molecule has 0 atom stereocenters. The average molecular weight is 381 g/mol. The largest absolute Gasteiger partial charge is 0.358 e. The number of aryl methyl sites for hydroxylation is 1. The van der Waals surface area contributed by atoms with Crippen molar-refractivity contribution in [1.82, 2.24) is 9.88 Å². The lowest BCUT2D eigenvalue weighted by Gasteiger charge is -2.11. The zero-order valence-corrected chi connectivity index (χ0v) is 16.7. The number of nitrogens with zero attached hydrogens (tertiary/aromatic N) is 1. The molecule has 4 nitrogen and oxygen atoms in total. The lowest BCUT2D eigenvalue weighted by Crippen LogP contribution is -2.13. The second kappa shape index (κ2) is 7.92. The van der Waals surface area contributed by atoms with Gasteiger partial charge in [0.05, 0.1) is 5.57 Å². The summed E-state index contributed by atoms with van der Waals surface area (Å²) >= 11 is 0. The summed E-state index contributed by atoms with van der Waals surface area (Å²) in [7, 11) is 4.18. The molecule has 0 spiro atoms. The first-order valence-electron chi connectivity index (χ1n) is 10.2. The number of aromatic nitrogens is 1. The number of fused-ring (bicyclic) bond motifs is 2. The molecule has 0 bridgehead atoms. The van der Waals surface area contributed by atoms with Crippen LogP contribution >= 0.6 is 0 Å². The van der Waals surface area contributed by atoms with Crippen molar-refractivity contribution in [1.29, 1.82) is 0 Å². The highest BCUT2D eigenvalue weighted by atomic mass is 19.1. The van der Waals surface area contributed by atoms with E-state index in [1.165, 1.54) is 48.2 Å².